The minimum Gasteiger partial charge on any atom is -0.469 e. The van der Waals surface area contributed by atoms with E-state index in [2.05, 4.69) is 22.7 Å². The predicted octanol–water partition coefficient (Wildman–Crippen LogP) is 3.03. The first kappa shape index (κ1) is 24.7. The predicted molar refractivity (Wildman–Crippen MR) is 108 cm³/mol. The summed E-state index contributed by atoms with van der Waals surface area (Å²) in [5, 5.41) is 2.43. The number of amides is 1. The standard InChI is InChI=1S/C16H17NO5S.2C2H6/c1-16(10-6-4-3-5-7-10)13(18)8-12(22-16)14(19)17-11(9-23)15(20)21-2;2*1-2/h3-8,11,23H,9H2,1-2H3,(H,17,19);2*1-2H3. The zero-order chi connectivity index (χ0) is 21.0. The second-order valence-electron chi connectivity index (χ2n) is 5.11. The van der Waals surface area contributed by atoms with Crippen molar-refractivity contribution in [1.82, 2.24) is 5.32 Å². The highest BCUT2D eigenvalue weighted by molar-refractivity contribution is 7.80. The van der Waals surface area contributed by atoms with Crippen LogP contribution >= 0.6 is 12.6 Å². The van der Waals surface area contributed by atoms with Crippen LogP contribution in [0.1, 0.15) is 40.2 Å². The molecule has 2 unspecified atom stereocenters. The fraction of sp³-hybridized carbons (Fsp3) is 0.450. The lowest BCUT2D eigenvalue weighted by Gasteiger charge is -2.24. The van der Waals surface area contributed by atoms with Crippen LogP contribution in [-0.4, -0.2) is 36.6 Å². The fourth-order valence-electron chi connectivity index (χ4n) is 2.18. The van der Waals surface area contributed by atoms with Gasteiger partial charge in [-0.3, -0.25) is 9.59 Å². The molecule has 0 radical (unpaired) electrons. The summed E-state index contributed by atoms with van der Waals surface area (Å²) >= 11 is 3.99. The van der Waals surface area contributed by atoms with E-state index in [9.17, 15) is 14.4 Å². The van der Waals surface area contributed by atoms with Gasteiger partial charge in [-0.1, -0.05) is 58.0 Å². The van der Waals surface area contributed by atoms with Crippen molar-refractivity contribution < 1.29 is 23.9 Å². The molecule has 1 heterocycles. The van der Waals surface area contributed by atoms with Crippen molar-refractivity contribution in [3.05, 3.63) is 47.7 Å². The van der Waals surface area contributed by atoms with Gasteiger partial charge in [0.05, 0.1) is 7.11 Å². The first-order valence-corrected chi connectivity index (χ1v) is 9.56. The number of hydrogen-bond acceptors (Lipinski definition) is 6. The van der Waals surface area contributed by atoms with E-state index < -0.39 is 23.5 Å². The van der Waals surface area contributed by atoms with E-state index >= 15 is 0 Å². The largest absolute Gasteiger partial charge is 0.469 e. The van der Waals surface area contributed by atoms with Gasteiger partial charge in [-0.05, 0) is 6.92 Å². The lowest BCUT2D eigenvalue weighted by Crippen LogP contribution is -2.43. The maximum Gasteiger partial charge on any atom is 0.329 e. The SMILES string of the molecule is CC.CC.COC(=O)C(CS)NC(=O)C1=CC(=O)C(C)(c2ccccc2)O1. The Balaban J connectivity index is 0.00000158. The molecule has 0 aromatic heterocycles. The van der Waals surface area contributed by atoms with E-state index in [1.165, 1.54) is 7.11 Å². The molecule has 1 aromatic carbocycles. The molecule has 27 heavy (non-hydrogen) atoms. The average Bonchev–Trinajstić information content (AvgIpc) is 3.05. The first-order valence-electron chi connectivity index (χ1n) is 8.92. The molecule has 7 heteroatoms. The summed E-state index contributed by atoms with van der Waals surface area (Å²) in [6.45, 7) is 9.60. The van der Waals surface area contributed by atoms with Gasteiger partial charge in [-0.25, -0.2) is 4.79 Å². The Morgan fingerprint density at radius 1 is 1.19 bits per heavy atom. The van der Waals surface area contributed by atoms with Gasteiger partial charge in [-0.2, -0.15) is 12.6 Å². The molecule has 150 valence electrons. The third-order valence-corrected chi connectivity index (χ3v) is 3.93. The van der Waals surface area contributed by atoms with Gasteiger partial charge in [0.25, 0.3) is 5.91 Å². The minimum absolute atomic E-state index is 0.0651. The van der Waals surface area contributed by atoms with Crippen LogP contribution in [0, 0.1) is 0 Å². The molecule has 0 aliphatic carbocycles. The van der Waals surface area contributed by atoms with E-state index in [1.807, 2.05) is 33.8 Å². The Morgan fingerprint density at radius 3 is 2.22 bits per heavy atom. The van der Waals surface area contributed by atoms with Gasteiger partial charge >= 0.3 is 5.97 Å². The van der Waals surface area contributed by atoms with Crippen molar-refractivity contribution in [3.63, 3.8) is 0 Å². The molecule has 2 atom stereocenters. The Labute approximate surface area is 166 Å². The third kappa shape index (κ3) is 6.13. The Bertz CT molecular complexity index is 660. The second kappa shape index (κ2) is 12.2. The number of nitrogens with one attached hydrogen (secondary N) is 1. The number of ether oxygens (including phenoxy) is 2. The van der Waals surface area contributed by atoms with Crippen LogP contribution in [-0.2, 0) is 29.5 Å². The van der Waals surface area contributed by atoms with Gasteiger partial charge in [-0.15, -0.1) is 0 Å². The number of rotatable bonds is 5. The molecule has 0 saturated carbocycles. The van der Waals surface area contributed by atoms with Crippen LogP contribution in [0.15, 0.2) is 42.2 Å². The van der Waals surface area contributed by atoms with E-state index in [4.69, 9.17) is 4.74 Å². The van der Waals surface area contributed by atoms with Crippen molar-refractivity contribution in [3.8, 4) is 0 Å². The van der Waals surface area contributed by atoms with E-state index in [0.717, 1.165) is 6.08 Å². The van der Waals surface area contributed by atoms with Gasteiger partial charge in [0.2, 0.25) is 5.78 Å². The Morgan fingerprint density at radius 2 is 1.74 bits per heavy atom. The lowest BCUT2D eigenvalue weighted by atomic mass is 9.92. The maximum absolute atomic E-state index is 12.3. The van der Waals surface area contributed by atoms with E-state index in [0.29, 0.717) is 5.56 Å². The van der Waals surface area contributed by atoms with Crippen LogP contribution in [0.3, 0.4) is 0 Å². The molecule has 1 amide bonds. The molecule has 2 rings (SSSR count). The van der Waals surface area contributed by atoms with Crippen molar-refractivity contribution in [1.29, 1.82) is 0 Å². The Hall–Kier alpha value is -2.28. The number of esters is 1. The summed E-state index contributed by atoms with van der Waals surface area (Å²) in [6.07, 6.45) is 1.13. The second-order valence-corrected chi connectivity index (χ2v) is 5.47. The summed E-state index contributed by atoms with van der Waals surface area (Å²) in [5.41, 5.74) is -0.613. The summed E-state index contributed by atoms with van der Waals surface area (Å²) in [6, 6.07) is 7.96. The molecule has 1 N–H and O–H groups in total. The molecule has 6 nitrogen and oxygen atoms in total. The number of benzene rings is 1. The number of thiol groups is 1. The van der Waals surface area contributed by atoms with Gasteiger partial charge in [0.1, 0.15) is 6.04 Å². The fourth-order valence-corrected chi connectivity index (χ4v) is 2.42. The molecular formula is C20H29NO5S. The summed E-state index contributed by atoms with van der Waals surface area (Å²) in [7, 11) is 1.21. The lowest BCUT2D eigenvalue weighted by molar-refractivity contribution is -0.144. The summed E-state index contributed by atoms with van der Waals surface area (Å²) in [5.74, 6) is -1.70. The first-order chi connectivity index (χ1) is 12.9. The number of carbonyl (C=O) groups excluding carboxylic acids is 3. The quantitative estimate of drug-likeness (QED) is 0.592. The number of carbonyl (C=O) groups is 3. The van der Waals surface area contributed by atoms with Gasteiger partial charge in [0, 0.05) is 17.4 Å². The smallest absolute Gasteiger partial charge is 0.329 e. The minimum atomic E-state index is -1.25. The zero-order valence-electron chi connectivity index (χ0n) is 16.7. The molecule has 1 aromatic rings. The number of hydrogen-bond donors (Lipinski definition) is 2. The molecule has 1 aliphatic rings. The van der Waals surface area contributed by atoms with Crippen LogP contribution in [0.4, 0.5) is 0 Å². The van der Waals surface area contributed by atoms with Crippen molar-refractivity contribution in [2.24, 2.45) is 0 Å². The molecule has 1 aliphatic heterocycles. The van der Waals surface area contributed by atoms with Crippen LogP contribution in [0.5, 0.6) is 0 Å². The van der Waals surface area contributed by atoms with Gasteiger partial charge in [0.15, 0.2) is 11.4 Å². The molecular weight excluding hydrogens is 366 g/mol. The van der Waals surface area contributed by atoms with E-state index in [-0.39, 0.29) is 17.3 Å². The number of methoxy groups -OCH3 is 1. The van der Waals surface area contributed by atoms with Crippen LogP contribution in [0.25, 0.3) is 0 Å². The van der Waals surface area contributed by atoms with Crippen molar-refractivity contribution in [2.75, 3.05) is 12.9 Å². The molecule has 0 fully saturated rings. The number of ketones is 1. The molecule has 0 bridgehead atoms. The van der Waals surface area contributed by atoms with Crippen LogP contribution in [0.2, 0.25) is 0 Å². The van der Waals surface area contributed by atoms with E-state index in [1.54, 1.807) is 31.2 Å². The van der Waals surface area contributed by atoms with Gasteiger partial charge < -0.3 is 14.8 Å². The highest BCUT2D eigenvalue weighted by atomic mass is 32.1. The normalized spacial score (nSPS) is 18.5. The van der Waals surface area contributed by atoms with Crippen LogP contribution < -0.4 is 5.32 Å². The highest BCUT2D eigenvalue weighted by Gasteiger charge is 2.43. The third-order valence-electron chi connectivity index (χ3n) is 3.57. The maximum atomic E-state index is 12.3. The Kier molecular flexibility index (Phi) is 11.1. The molecule has 0 spiro atoms. The molecule has 0 saturated heterocycles. The zero-order valence-corrected chi connectivity index (χ0v) is 17.6. The monoisotopic (exact) mass is 395 g/mol. The van der Waals surface area contributed by atoms with Crippen molar-refractivity contribution in [2.45, 2.75) is 46.3 Å². The topological polar surface area (TPSA) is 81.7 Å². The average molecular weight is 396 g/mol. The van der Waals surface area contributed by atoms with Crippen molar-refractivity contribution >= 4 is 30.3 Å². The summed E-state index contributed by atoms with van der Waals surface area (Å²) < 4.78 is 10.2. The highest BCUT2D eigenvalue weighted by Crippen LogP contribution is 2.34. The summed E-state index contributed by atoms with van der Waals surface area (Å²) in [4.78, 5) is 36.0.